The van der Waals surface area contributed by atoms with E-state index in [1.165, 1.54) is 43.2 Å². The molecular formula is C29H38N8OS. The molecular weight excluding hydrogens is 508 g/mol. The maximum absolute atomic E-state index is 12.6. The average Bonchev–Trinajstić information content (AvgIpc) is 3.79. The first-order chi connectivity index (χ1) is 19.1. The quantitative estimate of drug-likeness (QED) is 0.271. The summed E-state index contributed by atoms with van der Waals surface area (Å²) < 4.78 is 1.17. The number of rotatable bonds is 9. The van der Waals surface area contributed by atoms with E-state index >= 15 is 0 Å². The molecule has 0 radical (unpaired) electrons. The average molecular weight is 547 g/mol. The van der Waals surface area contributed by atoms with Crippen LogP contribution in [0.4, 0.5) is 16.6 Å². The maximum atomic E-state index is 12.6. The Balaban J connectivity index is 1.12. The Kier molecular flexibility index (Phi) is 6.74. The van der Waals surface area contributed by atoms with Crippen LogP contribution < -0.4 is 21.3 Å². The van der Waals surface area contributed by atoms with Gasteiger partial charge in [-0.15, -0.1) is 11.3 Å². The fourth-order valence-corrected chi connectivity index (χ4v) is 7.19. The summed E-state index contributed by atoms with van der Waals surface area (Å²) in [7, 11) is 0. The monoisotopic (exact) mass is 546 g/mol. The summed E-state index contributed by atoms with van der Waals surface area (Å²) in [6.45, 7) is 2.98. The maximum Gasteiger partial charge on any atom is 0.315 e. The fourth-order valence-electron chi connectivity index (χ4n) is 6.13. The van der Waals surface area contributed by atoms with Crippen molar-refractivity contribution in [1.29, 1.82) is 0 Å². The van der Waals surface area contributed by atoms with Crippen LogP contribution in [-0.4, -0.2) is 50.6 Å². The predicted molar refractivity (Wildman–Crippen MR) is 155 cm³/mol. The standard InChI is InChI=1S/C29H38N8OS/c1-16-23(27-36-25-22(39-27)12-13-30-24(25)18-8-9-18)26(37-28(32-16)31-15-17-6-7-17)33-20-10-11-21(14-20)35-29(38)34-19-4-2-3-5-19/h12-13,17-21H,2-11,14-15H2,1H3,(H2,34,35,38)(H2,31,32,33,37). The van der Waals surface area contributed by atoms with Crippen LogP contribution in [0.3, 0.4) is 0 Å². The summed E-state index contributed by atoms with van der Waals surface area (Å²) in [5.74, 6) is 2.79. The van der Waals surface area contributed by atoms with Gasteiger partial charge in [-0.2, -0.15) is 4.98 Å². The molecule has 4 N–H and O–H groups in total. The summed E-state index contributed by atoms with van der Waals surface area (Å²) in [4.78, 5) is 32.2. The molecule has 2 atom stereocenters. The van der Waals surface area contributed by atoms with Crippen LogP contribution in [0.25, 0.3) is 20.8 Å². The minimum atomic E-state index is -0.0211. The first-order valence-electron chi connectivity index (χ1n) is 14.8. The third kappa shape index (κ3) is 5.66. The van der Waals surface area contributed by atoms with Gasteiger partial charge >= 0.3 is 6.03 Å². The summed E-state index contributed by atoms with van der Waals surface area (Å²) in [5.41, 5.74) is 4.06. The van der Waals surface area contributed by atoms with Gasteiger partial charge in [0.25, 0.3) is 0 Å². The molecule has 4 saturated carbocycles. The van der Waals surface area contributed by atoms with Gasteiger partial charge in [0.2, 0.25) is 5.95 Å². The zero-order valence-electron chi connectivity index (χ0n) is 22.6. The molecule has 0 aliphatic heterocycles. The number of nitrogens with zero attached hydrogens (tertiary/aromatic N) is 4. The van der Waals surface area contributed by atoms with E-state index in [4.69, 9.17) is 15.0 Å². The molecule has 2 amide bonds. The van der Waals surface area contributed by atoms with Crippen molar-refractivity contribution in [3.8, 4) is 10.6 Å². The molecule has 0 spiro atoms. The lowest BCUT2D eigenvalue weighted by molar-refractivity contribution is 0.233. The number of carbonyl (C=O) groups excluding carboxylic acids is 1. The van der Waals surface area contributed by atoms with E-state index in [0.717, 1.165) is 77.9 Å². The molecule has 4 aliphatic carbocycles. The number of nitrogens with one attached hydrogen (secondary N) is 4. The topological polar surface area (TPSA) is 117 Å². The van der Waals surface area contributed by atoms with E-state index < -0.39 is 0 Å². The Hall–Kier alpha value is -3.01. The number of hydrogen-bond acceptors (Lipinski definition) is 8. The van der Waals surface area contributed by atoms with Gasteiger partial charge in [-0.05, 0) is 76.7 Å². The third-order valence-corrected chi connectivity index (χ3v) is 9.69. The van der Waals surface area contributed by atoms with Gasteiger partial charge in [-0.1, -0.05) is 12.8 Å². The largest absolute Gasteiger partial charge is 0.366 e. The van der Waals surface area contributed by atoms with Crippen LogP contribution in [0.5, 0.6) is 0 Å². The van der Waals surface area contributed by atoms with E-state index in [0.29, 0.717) is 17.9 Å². The molecule has 2 unspecified atom stereocenters. The van der Waals surface area contributed by atoms with Crippen LogP contribution in [0, 0.1) is 12.8 Å². The van der Waals surface area contributed by atoms with Gasteiger partial charge in [-0.3, -0.25) is 4.98 Å². The molecule has 0 saturated heterocycles. The highest BCUT2D eigenvalue weighted by atomic mass is 32.1. The van der Waals surface area contributed by atoms with Gasteiger partial charge < -0.3 is 21.3 Å². The zero-order valence-corrected chi connectivity index (χ0v) is 23.4. The van der Waals surface area contributed by atoms with Crippen molar-refractivity contribution in [3.63, 3.8) is 0 Å². The number of carbonyl (C=O) groups is 1. The second-order valence-corrected chi connectivity index (χ2v) is 13.0. The number of pyridine rings is 1. The zero-order chi connectivity index (χ0) is 26.3. The summed E-state index contributed by atoms with van der Waals surface area (Å²) in [5, 5.41) is 14.5. The number of amides is 2. The van der Waals surface area contributed by atoms with E-state index in [9.17, 15) is 4.79 Å². The molecule has 3 aromatic rings. The fraction of sp³-hybridized carbons (Fsp3) is 0.621. The molecule has 0 bridgehead atoms. The number of fused-ring (bicyclic) bond motifs is 1. The number of urea groups is 1. The Morgan fingerprint density at radius 2 is 1.74 bits per heavy atom. The van der Waals surface area contributed by atoms with Crippen LogP contribution in [0.1, 0.15) is 87.9 Å². The van der Waals surface area contributed by atoms with E-state index in [1.54, 1.807) is 11.3 Å². The highest BCUT2D eigenvalue weighted by Gasteiger charge is 2.31. The van der Waals surface area contributed by atoms with Crippen LogP contribution >= 0.6 is 11.3 Å². The lowest BCUT2D eigenvalue weighted by Crippen LogP contribution is -2.45. The Morgan fingerprint density at radius 1 is 0.949 bits per heavy atom. The summed E-state index contributed by atoms with van der Waals surface area (Å²) in [6.07, 6.45) is 14.3. The summed E-state index contributed by atoms with van der Waals surface area (Å²) >= 11 is 1.70. The Bertz CT molecular complexity index is 1360. The van der Waals surface area contributed by atoms with E-state index in [2.05, 4.69) is 39.2 Å². The van der Waals surface area contributed by atoms with Crippen molar-refractivity contribution in [3.05, 3.63) is 23.7 Å². The molecule has 10 heteroatoms. The van der Waals surface area contributed by atoms with Crippen molar-refractivity contribution in [2.24, 2.45) is 5.92 Å². The first-order valence-corrected chi connectivity index (χ1v) is 15.6. The van der Waals surface area contributed by atoms with Crippen molar-refractivity contribution in [1.82, 2.24) is 30.6 Å². The van der Waals surface area contributed by atoms with Gasteiger partial charge in [-0.25, -0.2) is 14.8 Å². The third-order valence-electron chi connectivity index (χ3n) is 8.65. The smallest absolute Gasteiger partial charge is 0.315 e. The van der Waals surface area contributed by atoms with E-state index in [-0.39, 0.29) is 18.1 Å². The second kappa shape index (κ2) is 10.5. The number of aromatic nitrogens is 4. The summed E-state index contributed by atoms with van der Waals surface area (Å²) in [6, 6.07) is 2.77. The SMILES string of the molecule is Cc1nc(NCC2CC2)nc(NC2CCC(NC(=O)NC3CCCC3)C2)c1-c1nc2c(C3CC3)nccc2s1. The highest BCUT2D eigenvalue weighted by Crippen LogP contribution is 2.44. The van der Waals surface area contributed by atoms with Gasteiger partial charge in [0.15, 0.2) is 0 Å². The molecule has 0 aromatic carbocycles. The van der Waals surface area contributed by atoms with Crippen LogP contribution in [0.2, 0.25) is 0 Å². The van der Waals surface area contributed by atoms with Crippen LogP contribution in [-0.2, 0) is 0 Å². The Morgan fingerprint density at radius 3 is 2.54 bits per heavy atom. The van der Waals surface area contributed by atoms with Gasteiger partial charge in [0.05, 0.1) is 21.7 Å². The number of hydrogen-bond donors (Lipinski definition) is 4. The number of anilines is 2. The second-order valence-electron chi connectivity index (χ2n) is 12.0. The van der Waals surface area contributed by atoms with Crippen molar-refractivity contribution in [2.75, 3.05) is 17.2 Å². The minimum Gasteiger partial charge on any atom is -0.366 e. The van der Waals surface area contributed by atoms with E-state index in [1.807, 2.05) is 6.20 Å². The van der Waals surface area contributed by atoms with Crippen molar-refractivity contribution < 1.29 is 4.79 Å². The Labute approximate surface area is 233 Å². The predicted octanol–water partition coefficient (Wildman–Crippen LogP) is 5.73. The lowest BCUT2D eigenvalue weighted by atomic mass is 10.2. The van der Waals surface area contributed by atoms with Crippen molar-refractivity contribution in [2.45, 2.75) is 102 Å². The first kappa shape index (κ1) is 25.0. The minimum absolute atomic E-state index is 0.0211. The molecule has 39 heavy (non-hydrogen) atoms. The lowest BCUT2D eigenvalue weighted by Gasteiger charge is -2.19. The molecule has 9 nitrogen and oxygen atoms in total. The van der Waals surface area contributed by atoms with Gasteiger partial charge in [0.1, 0.15) is 16.3 Å². The number of aryl methyl sites for hydroxylation is 1. The highest BCUT2D eigenvalue weighted by molar-refractivity contribution is 7.21. The number of thiazole rings is 1. The van der Waals surface area contributed by atoms with Crippen LogP contribution in [0.15, 0.2) is 12.3 Å². The molecule has 7 rings (SSSR count). The van der Waals surface area contributed by atoms with Gasteiger partial charge in [0, 0.05) is 36.8 Å². The molecule has 4 aliphatic rings. The normalized spacial score (nSPS) is 23.3. The molecule has 3 heterocycles. The molecule has 206 valence electrons. The molecule has 4 fully saturated rings. The molecule has 3 aromatic heterocycles. The van der Waals surface area contributed by atoms with Crippen molar-refractivity contribution >= 4 is 39.4 Å².